The summed E-state index contributed by atoms with van der Waals surface area (Å²) in [5.74, 6) is -0.109. The fourth-order valence-electron chi connectivity index (χ4n) is 3.16. The number of thioether (sulfide) groups is 1. The summed E-state index contributed by atoms with van der Waals surface area (Å²) in [6.07, 6.45) is 1.81. The van der Waals surface area contributed by atoms with Crippen molar-refractivity contribution < 1.29 is 9.59 Å². The minimum Gasteiger partial charge on any atom is -0.295 e. The average molecular weight is 366 g/mol. The molecule has 1 saturated heterocycles. The smallest absolute Gasteiger partial charge is 0.288 e. The molecule has 3 heterocycles. The SMILES string of the molecule is Cc1nc2c(C)cccn2c1C(=O)NN1C(=O)CSC1c1ccccc1. The fourth-order valence-corrected chi connectivity index (χ4v) is 4.27. The topological polar surface area (TPSA) is 66.7 Å². The number of imidazole rings is 1. The van der Waals surface area contributed by atoms with Crippen molar-refractivity contribution in [1.82, 2.24) is 19.8 Å². The van der Waals surface area contributed by atoms with Gasteiger partial charge in [-0.15, -0.1) is 11.8 Å². The number of benzene rings is 1. The molecule has 1 atom stereocenters. The van der Waals surface area contributed by atoms with Crippen molar-refractivity contribution in [3.8, 4) is 0 Å². The third kappa shape index (κ3) is 2.74. The summed E-state index contributed by atoms with van der Waals surface area (Å²) in [4.78, 5) is 29.8. The molecule has 0 bridgehead atoms. The third-order valence-electron chi connectivity index (χ3n) is 4.41. The van der Waals surface area contributed by atoms with Gasteiger partial charge in [-0.25, -0.2) is 9.99 Å². The summed E-state index contributed by atoms with van der Waals surface area (Å²) in [6, 6.07) is 13.5. The predicted molar refractivity (Wildman–Crippen MR) is 101 cm³/mol. The Hall–Kier alpha value is -2.80. The second kappa shape index (κ2) is 6.49. The van der Waals surface area contributed by atoms with Gasteiger partial charge in [-0.2, -0.15) is 0 Å². The zero-order valence-corrected chi connectivity index (χ0v) is 15.3. The number of hydrazine groups is 1. The molecule has 0 radical (unpaired) electrons. The molecule has 0 aliphatic carbocycles. The van der Waals surface area contributed by atoms with E-state index in [0.717, 1.165) is 16.8 Å². The number of carbonyl (C=O) groups is 2. The van der Waals surface area contributed by atoms with Crippen LogP contribution in [0.15, 0.2) is 48.7 Å². The van der Waals surface area contributed by atoms with E-state index in [1.807, 2.05) is 55.6 Å². The first-order valence-corrected chi connectivity index (χ1v) is 9.35. The van der Waals surface area contributed by atoms with E-state index in [1.165, 1.54) is 16.8 Å². The van der Waals surface area contributed by atoms with Crippen molar-refractivity contribution in [2.24, 2.45) is 0 Å². The van der Waals surface area contributed by atoms with Crippen LogP contribution in [0.2, 0.25) is 0 Å². The second-order valence-electron chi connectivity index (χ2n) is 6.21. The van der Waals surface area contributed by atoms with Crippen LogP contribution in [-0.4, -0.2) is 32.0 Å². The molecule has 6 nitrogen and oxygen atoms in total. The Labute approximate surface area is 155 Å². The highest BCUT2D eigenvalue weighted by Gasteiger charge is 2.35. The van der Waals surface area contributed by atoms with Gasteiger partial charge in [0.1, 0.15) is 16.7 Å². The molecule has 26 heavy (non-hydrogen) atoms. The highest BCUT2D eigenvalue weighted by atomic mass is 32.2. The number of aromatic nitrogens is 2. The number of nitrogens with one attached hydrogen (secondary N) is 1. The maximum absolute atomic E-state index is 13.0. The average Bonchev–Trinajstić information content (AvgIpc) is 3.16. The Balaban J connectivity index is 1.66. The van der Waals surface area contributed by atoms with Crippen LogP contribution in [0.1, 0.15) is 32.7 Å². The molecule has 0 saturated carbocycles. The number of hydrogen-bond donors (Lipinski definition) is 1. The van der Waals surface area contributed by atoms with Crippen molar-refractivity contribution in [3.63, 3.8) is 0 Å². The number of hydrogen-bond acceptors (Lipinski definition) is 4. The molecular weight excluding hydrogens is 348 g/mol. The summed E-state index contributed by atoms with van der Waals surface area (Å²) >= 11 is 1.50. The van der Waals surface area contributed by atoms with E-state index in [9.17, 15) is 9.59 Å². The molecule has 1 N–H and O–H groups in total. The van der Waals surface area contributed by atoms with E-state index in [0.29, 0.717) is 17.1 Å². The van der Waals surface area contributed by atoms with Gasteiger partial charge in [0.2, 0.25) is 0 Å². The molecule has 1 aliphatic rings. The van der Waals surface area contributed by atoms with Crippen LogP contribution in [0, 0.1) is 13.8 Å². The number of aryl methyl sites for hydroxylation is 2. The lowest BCUT2D eigenvalue weighted by atomic mass is 10.2. The van der Waals surface area contributed by atoms with Crippen LogP contribution in [0.3, 0.4) is 0 Å². The first-order valence-electron chi connectivity index (χ1n) is 8.30. The predicted octanol–water partition coefficient (Wildman–Crippen LogP) is 2.87. The van der Waals surface area contributed by atoms with Crippen LogP contribution < -0.4 is 5.43 Å². The lowest BCUT2D eigenvalue weighted by molar-refractivity contribution is -0.130. The molecule has 0 spiro atoms. The standard InChI is InChI=1S/C19H18N4O2S/c1-12-7-6-10-22-16(13(2)20-17(12)22)18(25)21-23-15(24)11-26-19(23)14-8-4-3-5-9-14/h3-10,19H,11H2,1-2H3,(H,21,25). The largest absolute Gasteiger partial charge is 0.295 e. The zero-order valence-electron chi connectivity index (χ0n) is 14.5. The summed E-state index contributed by atoms with van der Waals surface area (Å²) in [7, 11) is 0. The number of fused-ring (bicyclic) bond motifs is 1. The normalized spacial score (nSPS) is 17.1. The van der Waals surface area contributed by atoms with Gasteiger partial charge in [-0.05, 0) is 31.0 Å². The lowest BCUT2D eigenvalue weighted by Crippen LogP contribution is -2.45. The van der Waals surface area contributed by atoms with Gasteiger partial charge >= 0.3 is 0 Å². The summed E-state index contributed by atoms with van der Waals surface area (Å²) in [5.41, 5.74) is 6.59. The van der Waals surface area contributed by atoms with Gasteiger partial charge < -0.3 is 0 Å². The first kappa shape index (κ1) is 16.7. The summed E-state index contributed by atoms with van der Waals surface area (Å²) in [6.45, 7) is 3.76. The van der Waals surface area contributed by atoms with Gasteiger partial charge in [0, 0.05) is 6.20 Å². The van der Waals surface area contributed by atoms with Gasteiger partial charge in [-0.1, -0.05) is 36.4 Å². The number of rotatable bonds is 3. The van der Waals surface area contributed by atoms with E-state index >= 15 is 0 Å². The van der Waals surface area contributed by atoms with E-state index in [-0.39, 0.29) is 17.2 Å². The van der Waals surface area contributed by atoms with E-state index in [1.54, 1.807) is 11.3 Å². The lowest BCUT2D eigenvalue weighted by Gasteiger charge is -2.24. The number of pyridine rings is 1. The molecule has 1 fully saturated rings. The maximum Gasteiger partial charge on any atom is 0.288 e. The minimum absolute atomic E-state index is 0.111. The molecule has 7 heteroatoms. The molecule has 2 amide bonds. The Kier molecular flexibility index (Phi) is 4.16. The molecule has 1 unspecified atom stereocenters. The van der Waals surface area contributed by atoms with E-state index in [4.69, 9.17) is 0 Å². The maximum atomic E-state index is 13.0. The Morgan fingerprint density at radius 1 is 1.19 bits per heavy atom. The Morgan fingerprint density at radius 2 is 1.96 bits per heavy atom. The van der Waals surface area contributed by atoms with E-state index in [2.05, 4.69) is 10.4 Å². The summed E-state index contributed by atoms with van der Waals surface area (Å²) < 4.78 is 1.77. The molecule has 1 aromatic carbocycles. The van der Waals surface area contributed by atoms with Crippen molar-refractivity contribution >= 4 is 29.2 Å². The van der Waals surface area contributed by atoms with Crippen molar-refractivity contribution in [2.45, 2.75) is 19.2 Å². The highest BCUT2D eigenvalue weighted by Crippen LogP contribution is 2.37. The van der Waals surface area contributed by atoms with Crippen LogP contribution in [0.4, 0.5) is 0 Å². The Bertz CT molecular complexity index is 999. The number of carbonyl (C=O) groups excluding carboxylic acids is 2. The van der Waals surface area contributed by atoms with Crippen LogP contribution in [-0.2, 0) is 4.79 Å². The number of nitrogens with zero attached hydrogens (tertiary/aromatic N) is 3. The fraction of sp³-hybridized carbons (Fsp3) is 0.211. The molecule has 4 rings (SSSR count). The second-order valence-corrected chi connectivity index (χ2v) is 7.28. The Morgan fingerprint density at radius 3 is 2.73 bits per heavy atom. The van der Waals surface area contributed by atoms with Crippen LogP contribution >= 0.6 is 11.8 Å². The van der Waals surface area contributed by atoms with Gasteiger partial charge in [-0.3, -0.25) is 19.4 Å². The van der Waals surface area contributed by atoms with Crippen LogP contribution in [0.5, 0.6) is 0 Å². The molecule has 2 aromatic heterocycles. The van der Waals surface area contributed by atoms with Gasteiger partial charge in [0.15, 0.2) is 0 Å². The van der Waals surface area contributed by atoms with Gasteiger partial charge in [0.25, 0.3) is 11.8 Å². The zero-order chi connectivity index (χ0) is 18.3. The quantitative estimate of drug-likeness (QED) is 0.774. The first-order chi connectivity index (χ1) is 12.6. The molecule has 3 aromatic rings. The van der Waals surface area contributed by atoms with Crippen molar-refractivity contribution in [2.75, 3.05) is 5.75 Å². The minimum atomic E-state index is -0.336. The van der Waals surface area contributed by atoms with Gasteiger partial charge in [0.05, 0.1) is 11.4 Å². The molecular formula is C19H18N4O2S. The van der Waals surface area contributed by atoms with Crippen molar-refractivity contribution in [1.29, 1.82) is 0 Å². The van der Waals surface area contributed by atoms with E-state index < -0.39 is 0 Å². The highest BCUT2D eigenvalue weighted by molar-refractivity contribution is 8.00. The molecule has 1 aliphatic heterocycles. The third-order valence-corrected chi connectivity index (χ3v) is 5.62. The monoisotopic (exact) mass is 366 g/mol. The molecule has 132 valence electrons. The van der Waals surface area contributed by atoms with Crippen LogP contribution in [0.25, 0.3) is 5.65 Å². The summed E-state index contributed by atoms with van der Waals surface area (Å²) in [5, 5.41) is 1.20. The van der Waals surface area contributed by atoms with Crippen molar-refractivity contribution in [3.05, 3.63) is 71.2 Å². The number of amides is 2.